The van der Waals surface area contributed by atoms with Crippen molar-refractivity contribution >= 4 is 22.4 Å². The molecule has 1 rings (SSSR count). The fraction of sp³-hybridized carbons (Fsp3) is 0.636. The molecule has 0 saturated carbocycles. The van der Waals surface area contributed by atoms with Crippen molar-refractivity contribution in [3.05, 3.63) is 11.1 Å². The van der Waals surface area contributed by atoms with Crippen LogP contribution >= 0.6 is 11.3 Å². The van der Waals surface area contributed by atoms with Crippen LogP contribution in [0.1, 0.15) is 26.0 Å². The second-order valence-corrected chi connectivity index (χ2v) is 5.03. The molecule has 1 heterocycles. The summed E-state index contributed by atoms with van der Waals surface area (Å²) >= 11 is 1.57. The lowest BCUT2D eigenvalue weighted by molar-refractivity contribution is -0.120. The molecule has 0 aliphatic heterocycles. The van der Waals surface area contributed by atoms with Gasteiger partial charge in [0, 0.05) is 24.9 Å². The highest BCUT2D eigenvalue weighted by Gasteiger charge is 2.03. The van der Waals surface area contributed by atoms with Crippen LogP contribution in [0, 0.1) is 12.8 Å². The summed E-state index contributed by atoms with van der Waals surface area (Å²) in [6, 6.07) is 0. The Morgan fingerprint density at radius 2 is 2.31 bits per heavy atom. The van der Waals surface area contributed by atoms with E-state index >= 15 is 0 Å². The number of nitrogens with zero attached hydrogens (tertiary/aromatic N) is 1. The van der Waals surface area contributed by atoms with Gasteiger partial charge >= 0.3 is 0 Å². The molecule has 0 saturated heterocycles. The summed E-state index contributed by atoms with van der Waals surface area (Å²) in [5, 5.41) is 8.88. The van der Waals surface area contributed by atoms with Gasteiger partial charge in [0.05, 0.1) is 5.69 Å². The van der Waals surface area contributed by atoms with E-state index < -0.39 is 0 Å². The predicted molar refractivity (Wildman–Crippen MR) is 67.8 cm³/mol. The van der Waals surface area contributed by atoms with Crippen molar-refractivity contribution in [3.63, 3.8) is 0 Å². The largest absolute Gasteiger partial charge is 0.361 e. The molecule has 0 aliphatic carbocycles. The molecule has 1 aromatic heterocycles. The Balaban J connectivity index is 2.13. The van der Waals surface area contributed by atoms with Crippen LogP contribution in [0.3, 0.4) is 0 Å². The monoisotopic (exact) mass is 241 g/mol. The minimum absolute atomic E-state index is 0.0921. The standard InChI is InChI=1S/C11H19N3OS/c1-8(2)6-13-10(15)4-5-12-11-14-9(3)7-16-11/h7-8H,4-6H2,1-3H3,(H,12,14)(H,13,15). The van der Waals surface area contributed by atoms with Gasteiger partial charge in [0.15, 0.2) is 5.13 Å². The van der Waals surface area contributed by atoms with Gasteiger partial charge in [-0.05, 0) is 12.8 Å². The van der Waals surface area contributed by atoms with Crippen LogP contribution < -0.4 is 10.6 Å². The summed E-state index contributed by atoms with van der Waals surface area (Å²) in [5.41, 5.74) is 1.01. The van der Waals surface area contributed by atoms with Crippen molar-refractivity contribution in [2.75, 3.05) is 18.4 Å². The second kappa shape index (κ2) is 6.48. The quantitative estimate of drug-likeness (QED) is 0.801. The zero-order chi connectivity index (χ0) is 12.0. The topological polar surface area (TPSA) is 54.0 Å². The van der Waals surface area contributed by atoms with Crippen molar-refractivity contribution in [1.82, 2.24) is 10.3 Å². The maximum absolute atomic E-state index is 11.4. The molecule has 0 fully saturated rings. The lowest BCUT2D eigenvalue weighted by atomic mass is 10.2. The number of aromatic nitrogens is 1. The van der Waals surface area contributed by atoms with Gasteiger partial charge in [-0.2, -0.15) is 0 Å². The van der Waals surface area contributed by atoms with Gasteiger partial charge < -0.3 is 10.6 Å². The first-order chi connectivity index (χ1) is 7.58. The summed E-state index contributed by atoms with van der Waals surface area (Å²) < 4.78 is 0. The fourth-order valence-corrected chi connectivity index (χ4v) is 1.84. The number of carbonyl (C=O) groups excluding carboxylic acids is 1. The zero-order valence-corrected chi connectivity index (χ0v) is 10.9. The first-order valence-corrected chi connectivity index (χ1v) is 6.38. The van der Waals surface area contributed by atoms with Crippen molar-refractivity contribution in [2.24, 2.45) is 5.92 Å². The van der Waals surface area contributed by atoms with Crippen LogP contribution in [0.2, 0.25) is 0 Å². The number of thiazole rings is 1. The molecule has 0 aliphatic rings. The molecule has 4 nitrogen and oxygen atoms in total. The molecule has 0 bridgehead atoms. The summed E-state index contributed by atoms with van der Waals surface area (Å²) in [6.45, 7) is 7.50. The van der Waals surface area contributed by atoms with Gasteiger partial charge in [-0.1, -0.05) is 13.8 Å². The Bertz CT molecular complexity index is 336. The maximum Gasteiger partial charge on any atom is 0.221 e. The molecule has 2 N–H and O–H groups in total. The van der Waals surface area contributed by atoms with Crippen molar-refractivity contribution in [2.45, 2.75) is 27.2 Å². The third-order valence-electron chi connectivity index (χ3n) is 1.95. The molecular formula is C11H19N3OS. The molecule has 16 heavy (non-hydrogen) atoms. The average Bonchev–Trinajstić information content (AvgIpc) is 2.61. The van der Waals surface area contributed by atoms with Crippen LogP contribution in [-0.2, 0) is 4.79 Å². The van der Waals surface area contributed by atoms with E-state index in [9.17, 15) is 4.79 Å². The number of carbonyl (C=O) groups is 1. The van der Waals surface area contributed by atoms with Gasteiger partial charge in [-0.25, -0.2) is 4.98 Å². The third kappa shape index (κ3) is 5.11. The average molecular weight is 241 g/mol. The molecule has 0 atom stereocenters. The fourth-order valence-electron chi connectivity index (χ4n) is 1.12. The minimum atomic E-state index is 0.0921. The number of anilines is 1. The maximum atomic E-state index is 11.4. The summed E-state index contributed by atoms with van der Waals surface area (Å²) in [7, 11) is 0. The molecule has 90 valence electrons. The lowest BCUT2D eigenvalue weighted by Crippen LogP contribution is -2.28. The first kappa shape index (κ1) is 13.0. The van der Waals surface area contributed by atoms with E-state index in [0.29, 0.717) is 18.9 Å². The normalized spacial score (nSPS) is 10.5. The molecule has 0 radical (unpaired) electrons. The van der Waals surface area contributed by atoms with E-state index in [-0.39, 0.29) is 5.91 Å². The molecule has 5 heteroatoms. The van der Waals surface area contributed by atoms with Crippen LogP contribution in [-0.4, -0.2) is 24.0 Å². The minimum Gasteiger partial charge on any atom is -0.361 e. The molecule has 1 amide bonds. The van der Waals surface area contributed by atoms with Crippen LogP contribution in [0.4, 0.5) is 5.13 Å². The Morgan fingerprint density at radius 1 is 1.56 bits per heavy atom. The van der Waals surface area contributed by atoms with Crippen molar-refractivity contribution in [1.29, 1.82) is 0 Å². The number of hydrogen-bond donors (Lipinski definition) is 2. The molecule has 0 unspecified atom stereocenters. The zero-order valence-electron chi connectivity index (χ0n) is 10.0. The molecular weight excluding hydrogens is 222 g/mol. The Hall–Kier alpha value is -1.10. The van der Waals surface area contributed by atoms with Gasteiger partial charge in [-0.15, -0.1) is 11.3 Å². The number of rotatable bonds is 6. The van der Waals surface area contributed by atoms with E-state index in [1.54, 1.807) is 11.3 Å². The molecule has 0 spiro atoms. The van der Waals surface area contributed by atoms with Gasteiger partial charge in [0.2, 0.25) is 5.91 Å². The summed E-state index contributed by atoms with van der Waals surface area (Å²) in [4.78, 5) is 15.6. The predicted octanol–water partition coefficient (Wildman–Crippen LogP) is 2.03. The number of aryl methyl sites for hydroxylation is 1. The number of amides is 1. The van der Waals surface area contributed by atoms with Gasteiger partial charge in [0.25, 0.3) is 0 Å². The Morgan fingerprint density at radius 3 is 2.88 bits per heavy atom. The second-order valence-electron chi connectivity index (χ2n) is 4.17. The van der Waals surface area contributed by atoms with E-state index in [2.05, 4.69) is 29.5 Å². The highest BCUT2D eigenvalue weighted by molar-refractivity contribution is 7.13. The summed E-state index contributed by atoms with van der Waals surface area (Å²) in [6.07, 6.45) is 0.491. The van der Waals surface area contributed by atoms with Crippen LogP contribution in [0.15, 0.2) is 5.38 Å². The van der Waals surface area contributed by atoms with Crippen LogP contribution in [0.25, 0.3) is 0 Å². The van der Waals surface area contributed by atoms with E-state index in [0.717, 1.165) is 17.4 Å². The van der Waals surface area contributed by atoms with E-state index in [1.807, 2.05) is 12.3 Å². The highest BCUT2D eigenvalue weighted by Crippen LogP contribution is 2.13. The number of nitrogens with one attached hydrogen (secondary N) is 2. The number of hydrogen-bond acceptors (Lipinski definition) is 4. The van der Waals surface area contributed by atoms with E-state index in [4.69, 9.17) is 0 Å². The lowest BCUT2D eigenvalue weighted by Gasteiger charge is -2.07. The van der Waals surface area contributed by atoms with Gasteiger partial charge in [0.1, 0.15) is 0 Å². The highest BCUT2D eigenvalue weighted by atomic mass is 32.1. The first-order valence-electron chi connectivity index (χ1n) is 5.50. The Kier molecular flexibility index (Phi) is 5.25. The smallest absolute Gasteiger partial charge is 0.221 e. The Labute approximate surface area is 100 Å². The van der Waals surface area contributed by atoms with Crippen molar-refractivity contribution < 1.29 is 4.79 Å². The molecule has 0 aromatic carbocycles. The summed E-state index contributed by atoms with van der Waals surface area (Å²) in [5.74, 6) is 0.591. The molecule has 1 aromatic rings. The SMILES string of the molecule is Cc1csc(NCCC(=O)NCC(C)C)n1. The van der Waals surface area contributed by atoms with Crippen molar-refractivity contribution in [3.8, 4) is 0 Å². The van der Waals surface area contributed by atoms with E-state index in [1.165, 1.54) is 0 Å². The van der Waals surface area contributed by atoms with Gasteiger partial charge in [-0.3, -0.25) is 4.79 Å². The van der Waals surface area contributed by atoms with Crippen LogP contribution in [0.5, 0.6) is 0 Å². The third-order valence-corrected chi connectivity index (χ3v) is 2.87.